The Morgan fingerprint density at radius 1 is 1.27 bits per heavy atom. The lowest BCUT2D eigenvalue weighted by atomic mass is 10.2. The van der Waals surface area contributed by atoms with E-state index in [1.165, 1.54) is 6.20 Å². The Bertz CT molecular complexity index is 530. The fourth-order valence-electron chi connectivity index (χ4n) is 1.43. The van der Waals surface area contributed by atoms with Crippen LogP contribution in [0.2, 0.25) is 5.02 Å². The van der Waals surface area contributed by atoms with Gasteiger partial charge in [-0.05, 0) is 12.1 Å². The lowest BCUT2D eigenvalue weighted by Gasteiger charge is -2.20. The zero-order valence-corrected chi connectivity index (χ0v) is 8.32. The predicted molar refractivity (Wildman–Crippen MR) is 56.8 cm³/mol. The Kier molecular flexibility index (Phi) is 1.76. The van der Waals surface area contributed by atoms with E-state index in [1.807, 2.05) is 24.3 Å². The van der Waals surface area contributed by atoms with Gasteiger partial charge < -0.3 is 10.1 Å². The van der Waals surface area contributed by atoms with Gasteiger partial charge in [0.05, 0.1) is 16.9 Å². The summed E-state index contributed by atoms with van der Waals surface area (Å²) in [5, 5.41) is 11.2. The Labute approximate surface area is 90.9 Å². The fraction of sp³-hybridized carbons (Fsp3) is 0. The molecule has 5 heteroatoms. The van der Waals surface area contributed by atoms with E-state index in [4.69, 9.17) is 16.3 Å². The van der Waals surface area contributed by atoms with Crippen LogP contribution < -0.4 is 10.1 Å². The summed E-state index contributed by atoms with van der Waals surface area (Å²) in [5.41, 5.74) is 1.53. The first-order valence-electron chi connectivity index (χ1n) is 4.40. The molecule has 0 bridgehead atoms. The van der Waals surface area contributed by atoms with Gasteiger partial charge in [-0.25, -0.2) is 0 Å². The van der Waals surface area contributed by atoms with E-state index in [-0.39, 0.29) is 0 Å². The molecule has 1 N–H and O–H groups in total. The van der Waals surface area contributed by atoms with Gasteiger partial charge in [-0.15, -0.1) is 5.10 Å². The number of nitrogens with one attached hydrogen (secondary N) is 1. The Balaban J connectivity index is 2.15. The molecule has 0 saturated heterocycles. The summed E-state index contributed by atoms with van der Waals surface area (Å²) in [6.45, 7) is 0. The monoisotopic (exact) mass is 219 g/mol. The number of anilines is 2. The van der Waals surface area contributed by atoms with Crippen LogP contribution in [0.5, 0.6) is 11.6 Å². The van der Waals surface area contributed by atoms with Gasteiger partial charge in [0.25, 0.3) is 5.88 Å². The van der Waals surface area contributed by atoms with Crippen LogP contribution in [0.1, 0.15) is 0 Å². The van der Waals surface area contributed by atoms with Crippen LogP contribution in [0.3, 0.4) is 0 Å². The van der Waals surface area contributed by atoms with Crippen molar-refractivity contribution in [3.05, 3.63) is 35.5 Å². The average Bonchev–Trinajstić information content (AvgIpc) is 2.27. The molecule has 3 rings (SSSR count). The van der Waals surface area contributed by atoms with E-state index < -0.39 is 0 Å². The number of benzene rings is 1. The number of rotatable bonds is 0. The lowest BCUT2D eigenvalue weighted by molar-refractivity contribution is 0.454. The first-order chi connectivity index (χ1) is 7.34. The van der Waals surface area contributed by atoms with E-state index in [1.54, 1.807) is 0 Å². The molecule has 0 unspecified atom stereocenters. The second-order valence-corrected chi connectivity index (χ2v) is 3.50. The highest BCUT2D eigenvalue weighted by Crippen LogP contribution is 2.42. The van der Waals surface area contributed by atoms with Crippen LogP contribution in [0.4, 0.5) is 11.4 Å². The topological polar surface area (TPSA) is 47.0 Å². The van der Waals surface area contributed by atoms with Gasteiger partial charge in [0, 0.05) is 0 Å². The molecule has 1 aromatic heterocycles. The van der Waals surface area contributed by atoms with Gasteiger partial charge in [0.1, 0.15) is 5.69 Å². The van der Waals surface area contributed by atoms with E-state index in [0.29, 0.717) is 16.6 Å². The van der Waals surface area contributed by atoms with Gasteiger partial charge in [0.2, 0.25) is 0 Å². The normalized spacial score (nSPS) is 12.1. The fourth-order valence-corrected chi connectivity index (χ4v) is 1.60. The molecule has 2 heterocycles. The highest BCUT2D eigenvalue weighted by molar-refractivity contribution is 6.33. The highest BCUT2D eigenvalue weighted by atomic mass is 35.5. The van der Waals surface area contributed by atoms with Crippen LogP contribution in [0.15, 0.2) is 30.5 Å². The van der Waals surface area contributed by atoms with Gasteiger partial charge in [-0.1, -0.05) is 23.7 Å². The molecule has 0 aliphatic carbocycles. The van der Waals surface area contributed by atoms with E-state index in [9.17, 15) is 0 Å². The maximum absolute atomic E-state index is 5.96. The molecule has 0 spiro atoms. The summed E-state index contributed by atoms with van der Waals surface area (Å²) >= 11 is 5.96. The van der Waals surface area contributed by atoms with Crippen LogP contribution >= 0.6 is 11.6 Å². The number of halogens is 1. The molecule has 4 nitrogen and oxygen atoms in total. The maximum atomic E-state index is 5.96. The maximum Gasteiger partial charge on any atom is 0.264 e. The average molecular weight is 220 g/mol. The number of nitrogens with zero attached hydrogens (tertiary/aromatic N) is 2. The third kappa shape index (κ3) is 1.30. The zero-order valence-electron chi connectivity index (χ0n) is 7.57. The summed E-state index contributed by atoms with van der Waals surface area (Å²) in [4.78, 5) is 0. The van der Waals surface area contributed by atoms with Crippen molar-refractivity contribution in [2.45, 2.75) is 0 Å². The van der Waals surface area contributed by atoms with Crippen molar-refractivity contribution in [3.8, 4) is 11.6 Å². The molecular weight excluding hydrogens is 214 g/mol. The Hall–Kier alpha value is -1.81. The first-order valence-corrected chi connectivity index (χ1v) is 4.77. The quantitative estimate of drug-likeness (QED) is 0.632. The molecule has 1 aliphatic rings. The third-order valence-corrected chi connectivity index (χ3v) is 2.41. The van der Waals surface area contributed by atoms with Crippen molar-refractivity contribution in [1.82, 2.24) is 10.2 Å². The molecule has 2 aromatic rings. The summed E-state index contributed by atoms with van der Waals surface area (Å²) in [7, 11) is 0. The third-order valence-electron chi connectivity index (χ3n) is 2.13. The van der Waals surface area contributed by atoms with Crippen molar-refractivity contribution in [3.63, 3.8) is 0 Å². The number of ether oxygens (including phenoxy) is 1. The molecule has 0 atom stereocenters. The smallest absolute Gasteiger partial charge is 0.264 e. The van der Waals surface area contributed by atoms with Gasteiger partial charge >= 0.3 is 0 Å². The molecule has 0 radical (unpaired) electrons. The highest BCUT2D eigenvalue weighted by Gasteiger charge is 2.19. The van der Waals surface area contributed by atoms with Crippen molar-refractivity contribution >= 4 is 23.0 Å². The number of hydrogen-bond donors (Lipinski definition) is 1. The number of fused-ring (bicyclic) bond motifs is 2. The van der Waals surface area contributed by atoms with Gasteiger partial charge in [-0.3, -0.25) is 0 Å². The van der Waals surface area contributed by atoms with Crippen LogP contribution in [0.25, 0.3) is 0 Å². The van der Waals surface area contributed by atoms with Crippen LogP contribution in [0, 0.1) is 0 Å². The minimum Gasteiger partial charge on any atom is -0.434 e. The SMILES string of the molecule is Clc1cnnc2c1Nc1ccccc1O2. The zero-order chi connectivity index (χ0) is 10.3. The molecular formula is C10H6ClN3O. The standard InChI is InChI=1S/C10H6ClN3O/c11-6-5-12-14-10-9(6)13-7-3-1-2-4-8(7)15-10/h1-5,13H. The van der Waals surface area contributed by atoms with Crippen LogP contribution in [-0.2, 0) is 0 Å². The lowest BCUT2D eigenvalue weighted by Crippen LogP contribution is -2.05. The number of aromatic nitrogens is 2. The summed E-state index contributed by atoms with van der Waals surface area (Å²) in [6.07, 6.45) is 1.48. The van der Waals surface area contributed by atoms with Crippen molar-refractivity contribution in [2.75, 3.05) is 5.32 Å². The van der Waals surface area contributed by atoms with Crippen LogP contribution in [-0.4, -0.2) is 10.2 Å². The molecule has 74 valence electrons. The largest absolute Gasteiger partial charge is 0.434 e. The number of para-hydroxylation sites is 2. The minimum atomic E-state index is 0.404. The second kappa shape index (κ2) is 3.10. The molecule has 0 fully saturated rings. The first kappa shape index (κ1) is 8.49. The van der Waals surface area contributed by atoms with Crippen molar-refractivity contribution < 1.29 is 4.74 Å². The van der Waals surface area contributed by atoms with E-state index in [0.717, 1.165) is 11.4 Å². The Morgan fingerprint density at radius 3 is 3.07 bits per heavy atom. The Morgan fingerprint density at radius 2 is 2.13 bits per heavy atom. The van der Waals surface area contributed by atoms with E-state index >= 15 is 0 Å². The molecule has 1 aliphatic heterocycles. The van der Waals surface area contributed by atoms with Crippen molar-refractivity contribution in [1.29, 1.82) is 0 Å². The minimum absolute atomic E-state index is 0.404. The molecule has 1 aromatic carbocycles. The predicted octanol–water partition coefficient (Wildman–Crippen LogP) is 2.98. The van der Waals surface area contributed by atoms with Gasteiger partial charge in [0.15, 0.2) is 5.75 Å². The van der Waals surface area contributed by atoms with Crippen molar-refractivity contribution in [2.24, 2.45) is 0 Å². The number of hydrogen-bond acceptors (Lipinski definition) is 4. The van der Waals surface area contributed by atoms with Gasteiger partial charge in [-0.2, -0.15) is 5.10 Å². The molecule has 0 saturated carbocycles. The summed E-state index contributed by atoms with van der Waals surface area (Å²) in [6, 6.07) is 7.58. The molecule has 0 amide bonds. The van der Waals surface area contributed by atoms with E-state index in [2.05, 4.69) is 15.5 Å². The second-order valence-electron chi connectivity index (χ2n) is 3.10. The summed E-state index contributed by atoms with van der Waals surface area (Å²) < 4.78 is 5.54. The molecule has 15 heavy (non-hydrogen) atoms. The summed E-state index contributed by atoms with van der Waals surface area (Å²) in [5.74, 6) is 1.13.